The molecule has 0 aliphatic heterocycles. The summed E-state index contributed by atoms with van der Waals surface area (Å²) < 4.78 is 0.841. The molecule has 0 heterocycles. The van der Waals surface area contributed by atoms with Gasteiger partial charge in [0.1, 0.15) is 6.04 Å². The molecule has 4 heteroatoms. The lowest BCUT2D eigenvalue weighted by Crippen LogP contribution is -3.00. The van der Waals surface area contributed by atoms with Gasteiger partial charge in [-0.1, -0.05) is 36.9 Å². The summed E-state index contributed by atoms with van der Waals surface area (Å²) in [5.41, 5.74) is 1.30. The van der Waals surface area contributed by atoms with E-state index in [1.165, 1.54) is 11.6 Å². The van der Waals surface area contributed by atoms with Gasteiger partial charge in [0.15, 0.2) is 0 Å². The Morgan fingerprint density at radius 2 is 1.89 bits per heavy atom. The van der Waals surface area contributed by atoms with Crippen molar-refractivity contribution in [2.24, 2.45) is 0 Å². The number of carbonyl (C=O) groups is 1. The van der Waals surface area contributed by atoms with Crippen LogP contribution in [0.15, 0.2) is 43.0 Å². The zero-order valence-corrected chi connectivity index (χ0v) is 12.7. The maximum absolute atomic E-state index is 11.1. The van der Waals surface area contributed by atoms with Crippen molar-refractivity contribution in [1.29, 1.82) is 0 Å². The van der Waals surface area contributed by atoms with Crippen LogP contribution >= 0.6 is 0 Å². The van der Waals surface area contributed by atoms with E-state index in [9.17, 15) is 4.79 Å². The first-order chi connectivity index (χ1) is 8.45. The van der Waals surface area contributed by atoms with Gasteiger partial charge >= 0.3 is 0 Å². The quantitative estimate of drug-likeness (QED) is 0.533. The Bertz CT molecular complexity index is 398. The topological polar surface area (TPSA) is 29.1 Å². The Labute approximate surface area is 122 Å². The van der Waals surface area contributed by atoms with E-state index < -0.39 is 0 Å². The molecule has 3 nitrogen and oxygen atoms in total. The lowest BCUT2D eigenvalue weighted by Gasteiger charge is -2.34. The smallest absolute Gasteiger partial charge is 0.243 e. The Hall–Kier alpha value is -1.32. The molecule has 1 amide bonds. The van der Waals surface area contributed by atoms with E-state index in [2.05, 4.69) is 57.3 Å². The molecule has 0 saturated heterocycles. The minimum absolute atomic E-state index is 0. The van der Waals surface area contributed by atoms with E-state index >= 15 is 0 Å². The van der Waals surface area contributed by atoms with Gasteiger partial charge < -0.3 is 22.2 Å². The number of nitrogens with zero attached hydrogens (tertiary/aromatic N) is 1. The van der Waals surface area contributed by atoms with Crippen LogP contribution in [0.25, 0.3) is 0 Å². The average Bonchev–Trinajstić information content (AvgIpc) is 2.33. The van der Waals surface area contributed by atoms with Gasteiger partial charge in [0.2, 0.25) is 5.91 Å². The predicted molar refractivity (Wildman–Crippen MR) is 75.0 cm³/mol. The van der Waals surface area contributed by atoms with Crippen LogP contribution < -0.4 is 17.7 Å². The maximum atomic E-state index is 11.1. The number of quaternary nitrogens is 1. The van der Waals surface area contributed by atoms with Crippen LogP contribution in [0, 0.1) is 0 Å². The zero-order valence-electron chi connectivity index (χ0n) is 11.9. The van der Waals surface area contributed by atoms with Gasteiger partial charge in [-0.2, -0.15) is 0 Å². The first-order valence-electron chi connectivity index (χ1n) is 6.21. The monoisotopic (exact) mass is 282 g/mol. The van der Waals surface area contributed by atoms with Crippen molar-refractivity contribution in [2.75, 3.05) is 27.7 Å². The summed E-state index contributed by atoms with van der Waals surface area (Å²) in [5.74, 6) is -0.108. The van der Waals surface area contributed by atoms with E-state index in [0.29, 0.717) is 12.6 Å². The third kappa shape index (κ3) is 5.90. The summed E-state index contributed by atoms with van der Waals surface area (Å²) in [6.45, 7) is 4.12. The Balaban J connectivity index is 0.00000324. The van der Waals surface area contributed by atoms with Crippen LogP contribution in [0.5, 0.6) is 0 Å². The number of rotatable bonds is 6. The summed E-state index contributed by atoms with van der Waals surface area (Å²) in [6, 6.07) is 10.8. The second-order valence-electron chi connectivity index (χ2n) is 5.33. The molecule has 0 radical (unpaired) electrons. The fraction of sp³-hybridized carbons (Fsp3) is 0.400. The molecule has 106 valence electrons. The Kier molecular flexibility index (Phi) is 7.42. The summed E-state index contributed by atoms with van der Waals surface area (Å²) in [6.07, 6.45) is 2.22. The summed E-state index contributed by atoms with van der Waals surface area (Å²) >= 11 is 0. The van der Waals surface area contributed by atoms with Crippen LogP contribution in [0.3, 0.4) is 0 Å². The summed E-state index contributed by atoms with van der Waals surface area (Å²) in [5, 5.41) is 2.84. The zero-order chi connectivity index (χ0) is 13.6. The van der Waals surface area contributed by atoms with Crippen LogP contribution in [0.1, 0.15) is 18.0 Å². The number of benzene rings is 1. The molecular formula is C15H23ClN2O. The van der Waals surface area contributed by atoms with Gasteiger partial charge in [0.05, 0.1) is 21.1 Å². The second kappa shape index (κ2) is 7.97. The van der Waals surface area contributed by atoms with Gasteiger partial charge in [-0.25, -0.2) is 0 Å². The normalized spacial score (nSPS) is 12.2. The largest absolute Gasteiger partial charge is 1.00 e. The molecule has 0 saturated carbocycles. The highest BCUT2D eigenvalue weighted by Crippen LogP contribution is 2.25. The average molecular weight is 283 g/mol. The van der Waals surface area contributed by atoms with Crippen LogP contribution in [-0.4, -0.2) is 38.1 Å². The molecule has 1 aromatic carbocycles. The molecule has 0 aliphatic rings. The SMILES string of the molecule is C=CC(=O)NCCC(c1ccccc1)[N+](C)(C)C.[Cl-]. The third-order valence-electron chi connectivity index (χ3n) is 3.02. The minimum Gasteiger partial charge on any atom is -1.00 e. The van der Waals surface area contributed by atoms with E-state index in [4.69, 9.17) is 0 Å². The molecule has 1 aromatic rings. The standard InChI is InChI=1S/C15H22N2O.ClH/c1-5-15(18)16-12-11-14(17(2,3)4)13-9-7-6-8-10-13;/h5-10,14H,1,11-12H2,2-4H3;1H. The maximum Gasteiger partial charge on any atom is 0.243 e. The van der Waals surface area contributed by atoms with E-state index in [-0.39, 0.29) is 18.3 Å². The number of amides is 1. The minimum atomic E-state index is -0.108. The van der Waals surface area contributed by atoms with E-state index in [1.54, 1.807) is 0 Å². The van der Waals surface area contributed by atoms with Crippen LogP contribution in [0.2, 0.25) is 0 Å². The molecule has 1 rings (SSSR count). The number of carbonyl (C=O) groups excluding carboxylic acids is 1. The molecule has 0 aromatic heterocycles. The lowest BCUT2D eigenvalue weighted by molar-refractivity contribution is -0.902. The van der Waals surface area contributed by atoms with E-state index in [1.807, 2.05) is 6.07 Å². The molecule has 0 fully saturated rings. The molecule has 0 aliphatic carbocycles. The van der Waals surface area contributed by atoms with Crippen molar-refractivity contribution in [2.45, 2.75) is 12.5 Å². The summed E-state index contributed by atoms with van der Waals surface area (Å²) in [7, 11) is 6.52. The fourth-order valence-electron chi connectivity index (χ4n) is 2.08. The van der Waals surface area contributed by atoms with Gasteiger partial charge in [-0.05, 0) is 6.08 Å². The van der Waals surface area contributed by atoms with E-state index in [0.717, 1.165) is 10.9 Å². The molecular weight excluding hydrogens is 260 g/mol. The first kappa shape index (κ1) is 17.7. The Morgan fingerprint density at radius 3 is 2.37 bits per heavy atom. The van der Waals surface area contributed by atoms with Crippen molar-refractivity contribution in [3.63, 3.8) is 0 Å². The number of halogens is 1. The van der Waals surface area contributed by atoms with Gasteiger partial charge in [-0.15, -0.1) is 0 Å². The van der Waals surface area contributed by atoms with Crippen molar-refractivity contribution < 1.29 is 21.7 Å². The molecule has 1 N–H and O–H groups in total. The van der Waals surface area contributed by atoms with Crippen LogP contribution in [-0.2, 0) is 4.79 Å². The summed E-state index contributed by atoms with van der Waals surface area (Å²) in [4.78, 5) is 11.1. The van der Waals surface area contributed by atoms with Crippen LogP contribution in [0.4, 0.5) is 0 Å². The van der Waals surface area contributed by atoms with Crippen molar-refractivity contribution in [1.82, 2.24) is 5.32 Å². The van der Waals surface area contributed by atoms with Crippen molar-refractivity contribution in [3.8, 4) is 0 Å². The third-order valence-corrected chi connectivity index (χ3v) is 3.02. The second-order valence-corrected chi connectivity index (χ2v) is 5.33. The number of hydrogen-bond acceptors (Lipinski definition) is 1. The molecule has 0 spiro atoms. The molecule has 19 heavy (non-hydrogen) atoms. The number of hydrogen-bond donors (Lipinski definition) is 1. The first-order valence-corrected chi connectivity index (χ1v) is 6.21. The highest BCUT2D eigenvalue weighted by atomic mass is 35.5. The van der Waals surface area contributed by atoms with Gasteiger partial charge in [0.25, 0.3) is 0 Å². The molecule has 1 unspecified atom stereocenters. The van der Waals surface area contributed by atoms with Crippen molar-refractivity contribution >= 4 is 5.91 Å². The van der Waals surface area contributed by atoms with Crippen molar-refractivity contribution in [3.05, 3.63) is 48.6 Å². The lowest BCUT2D eigenvalue weighted by atomic mass is 10.0. The Morgan fingerprint density at radius 1 is 1.32 bits per heavy atom. The molecule has 0 bridgehead atoms. The molecule has 1 atom stereocenters. The highest BCUT2D eigenvalue weighted by molar-refractivity contribution is 5.86. The number of nitrogens with one attached hydrogen (secondary N) is 1. The fourth-order valence-corrected chi connectivity index (χ4v) is 2.08. The predicted octanol–water partition coefficient (Wildman–Crippen LogP) is -0.870. The highest BCUT2D eigenvalue weighted by Gasteiger charge is 2.25. The van der Waals surface area contributed by atoms with Gasteiger partial charge in [-0.3, -0.25) is 4.79 Å². The van der Waals surface area contributed by atoms with Gasteiger partial charge in [0, 0.05) is 18.5 Å².